The first kappa shape index (κ1) is 12.4. The number of hydrogen-bond acceptors (Lipinski definition) is 1. The lowest BCUT2D eigenvalue weighted by atomic mass is 10.1. The van der Waals surface area contributed by atoms with Gasteiger partial charge in [0.2, 0.25) is 0 Å². The molecule has 0 saturated heterocycles. The van der Waals surface area contributed by atoms with Gasteiger partial charge in [0.15, 0.2) is 0 Å². The molecule has 2 heteroatoms. The molecule has 0 amide bonds. The number of halogens is 1. The van der Waals surface area contributed by atoms with Crippen LogP contribution in [0.3, 0.4) is 0 Å². The van der Waals surface area contributed by atoms with Crippen LogP contribution in [-0.4, -0.2) is 0 Å². The average molecular weight is 337 g/mol. The monoisotopic (exact) mass is 337 g/mol. The van der Waals surface area contributed by atoms with E-state index in [1.54, 1.807) is 0 Å². The zero-order valence-electron chi connectivity index (χ0n) is 10.1. The van der Waals surface area contributed by atoms with Crippen LogP contribution in [0, 0.1) is 17.4 Å². The summed E-state index contributed by atoms with van der Waals surface area (Å²) in [6.45, 7) is 5.13. The Balaban J connectivity index is 2.04. The highest BCUT2D eigenvalue weighted by Crippen LogP contribution is 2.18. The van der Waals surface area contributed by atoms with E-state index in [1.807, 2.05) is 0 Å². The van der Waals surface area contributed by atoms with Crippen LogP contribution in [0.4, 0.5) is 5.69 Å². The molecule has 0 aliphatic rings. The van der Waals surface area contributed by atoms with Gasteiger partial charge < -0.3 is 5.32 Å². The summed E-state index contributed by atoms with van der Waals surface area (Å²) >= 11 is 2.34. The number of aryl methyl sites for hydroxylation is 2. The number of benzene rings is 2. The van der Waals surface area contributed by atoms with Crippen molar-refractivity contribution >= 4 is 28.3 Å². The van der Waals surface area contributed by atoms with Crippen LogP contribution in [-0.2, 0) is 6.54 Å². The van der Waals surface area contributed by atoms with E-state index in [4.69, 9.17) is 0 Å². The minimum Gasteiger partial charge on any atom is -0.381 e. The third-order valence-corrected chi connectivity index (χ3v) is 3.46. The molecule has 0 fully saturated rings. The maximum absolute atomic E-state index is 3.47. The summed E-state index contributed by atoms with van der Waals surface area (Å²) in [5, 5.41) is 3.47. The Bertz CT molecular complexity index is 503. The Morgan fingerprint density at radius 1 is 1.00 bits per heavy atom. The van der Waals surface area contributed by atoms with E-state index in [2.05, 4.69) is 84.2 Å². The summed E-state index contributed by atoms with van der Waals surface area (Å²) < 4.78 is 1.28. The van der Waals surface area contributed by atoms with Gasteiger partial charge in [0.1, 0.15) is 0 Å². The van der Waals surface area contributed by atoms with Gasteiger partial charge in [-0.3, -0.25) is 0 Å². The lowest BCUT2D eigenvalue weighted by molar-refractivity contribution is 1.13. The van der Waals surface area contributed by atoms with Crippen molar-refractivity contribution < 1.29 is 0 Å². The molecule has 0 saturated carbocycles. The van der Waals surface area contributed by atoms with Gasteiger partial charge in [-0.25, -0.2) is 0 Å². The zero-order chi connectivity index (χ0) is 12.3. The second kappa shape index (κ2) is 5.54. The highest BCUT2D eigenvalue weighted by molar-refractivity contribution is 14.1. The summed E-state index contributed by atoms with van der Waals surface area (Å²) in [6, 6.07) is 15.1. The fourth-order valence-corrected chi connectivity index (χ4v) is 2.38. The van der Waals surface area contributed by atoms with E-state index >= 15 is 0 Å². The van der Waals surface area contributed by atoms with Crippen LogP contribution < -0.4 is 5.32 Å². The Hall–Kier alpha value is -1.03. The van der Waals surface area contributed by atoms with Crippen LogP contribution in [0.5, 0.6) is 0 Å². The number of hydrogen-bond donors (Lipinski definition) is 1. The summed E-state index contributed by atoms with van der Waals surface area (Å²) in [5.74, 6) is 0. The van der Waals surface area contributed by atoms with E-state index < -0.39 is 0 Å². The van der Waals surface area contributed by atoms with Crippen LogP contribution >= 0.6 is 22.6 Å². The Morgan fingerprint density at radius 2 is 1.71 bits per heavy atom. The predicted octanol–water partition coefficient (Wildman–Crippen LogP) is 4.52. The fraction of sp³-hybridized carbons (Fsp3) is 0.200. The van der Waals surface area contributed by atoms with Crippen molar-refractivity contribution in [3.63, 3.8) is 0 Å². The molecule has 0 aliphatic carbocycles. The first-order chi connectivity index (χ1) is 8.15. The molecule has 0 bridgehead atoms. The van der Waals surface area contributed by atoms with Crippen LogP contribution in [0.25, 0.3) is 0 Å². The third-order valence-electron chi connectivity index (χ3n) is 2.79. The lowest BCUT2D eigenvalue weighted by Gasteiger charge is -2.10. The van der Waals surface area contributed by atoms with E-state index in [0.29, 0.717) is 0 Å². The highest BCUT2D eigenvalue weighted by Gasteiger charge is 1.98. The normalized spacial score (nSPS) is 10.3. The third kappa shape index (κ3) is 3.46. The van der Waals surface area contributed by atoms with Gasteiger partial charge >= 0.3 is 0 Å². The molecule has 2 aromatic rings. The highest BCUT2D eigenvalue weighted by atomic mass is 127. The quantitative estimate of drug-likeness (QED) is 0.812. The van der Waals surface area contributed by atoms with Crippen molar-refractivity contribution in [1.29, 1.82) is 0 Å². The second-order valence-corrected chi connectivity index (χ2v) is 5.54. The van der Waals surface area contributed by atoms with Crippen molar-refractivity contribution in [3.8, 4) is 0 Å². The second-order valence-electron chi connectivity index (χ2n) is 4.30. The molecule has 2 aromatic carbocycles. The molecule has 0 aromatic heterocycles. The van der Waals surface area contributed by atoms with Gasteiger partial charge in [0.25, 0.3) is 0 Å². The smallest absolute Gasteiger partial charge is 0.0400 e. The molecule has 1 nitrogen and oxygen atoms in total. The molecule has 0 aliphatic heterocycles. The van der Waals surface area contributed by atoms with Gasteiger partial charge in [0, 0.05) is 15.8 Å². The number of nitrogens with one attached hydrogen (secondary N) is 1. The molecular weight excluding hydrogens is 321 g/mol. The molecule has 0 atom stereocenters. The van der Waals surface area contributed by atoms with Gasteiger partial charge in [-0.1, -0.05) is 29.8 Å². The SMILES string of the molecule is Cc1ccc(CNc2ccc(I)cc2C)cc1. The Morgan fingerprint density at radius 3 is 2.35 bits per heavy atom. The van der Waals surface area contributed by atoms with E-state index in [0.717, 1.165) is 6.54 Å². The van der Waals surface area contributed by atoms with Crippen LogP contribution in [0.15, 0.2) is 42.5 Å². The average Bonchev–Trinajstić information content (AvgIpc) is 2.30. The van der Waals surface area contributed by atoms with Crippen molar-refractivity contribution in [2.24, 2.45) is 0 Å². The molecule has 0 radical (unpaired) electrons. The Labute approximate surface area is 116 Å². The predicted molar refractivity (Wildman–Crippen MR) is 82.4 cm³/mol. The molecule has 17 heavy (non-hydrogen) atoms. The van der Waals surface area contributed by atoms with Crippen LogP contribution in [0.2, 0.25) is 0 Å². The molecule has 2 rings (SSSR count). The maximum atomic E-state index is 3.47. The van der Waals surface area contributed by atoms with E-state index in [9.17, 15) is 0 Å². The standard InChI is InChI=1S/C15H16IN/c1-11-3-5-13(6-4-11)10-17-15-8-7-14(16)9-12(15)2/h3-9,17H,10H2,1-2H3. The molecule has 88 valence electrons. The van der Waals surface area contributed by atoms with Crippen LogP contribution in [0.1, 0.15) is 16.7 Å². The minimum absolute atomic E-state index is 0.877. The summed E-state index contributed by atoms with van der Waals surface area (Å²) in [5.41, 5.74) is 5.13. The minimum atomic E-state index is 0.877. The molecule has 0 spiro atoms. The molecule has 0 unspecified atom stereocenters. The van der Waals surface area contributed by atoms with Gasteiger partial charge in [-0.05, 0) is 65.8 Å². The van der Waals surface area contributed by atoms with Crippen molar-refractivity contribution in [3.05, 3.63) is 62.7 Å². The van der Waals surface area contributed by atoms with Crippen molar-refractivity contribution in [1.82, 2.24) is 0 Å². The van der Waals surface area contributed by atoms with Gasteiger partial charge in [-0.15, -0.1) is 0 Å². The molecule has 1 N–H and O–H groups in total. The molecular formula is C15H16IN. The largest absolute Gasteiger partial charge is 0.381 e. The van der Waals surface area contributed by atoms with E-state index in [-0.39, 0.29) is 0 Å². The van der Waals surface area contributed by atoms with E-state index in [1.165, 1.54) is 25.9 Å². The zero-order valence-corrected chi connectivity index (χ0v) is 12.3. The molecule has 0 heterocycles. The first-order valence-corrected chi connectivity index (χ1v) is 6.78. The Kier molecular flexibility index (Phi) is 4.05. The first-order valence-electron chi connectivity index (χ1n) is 5.71. The van der Waals surface area contributed by atoms with Gasteiger partial charge in [0.05, 0.1) is 0 Å². The van der Waals surface area contributed by atoms with Crippen molar-refractivity contribution in [2.75, 3.05) is 5.32 Å². The topological polar surface area (TPSA) is 12.0 Å². The number of rotatable bonds is 3. The summed E-state index contributed by atoms with van der Waals surface area (Å²) in [4.78, 5) is 0. The number of anilines is 1. The van der Waals surface area contributed by atoms with Gasteiger partial charge in [-0.2, -0.15) is 0 Å². The summed E-state index contributed by atoms with van der Waals surface area (Å²) in [7, 11) is 0. The fourth-order valence-electron chi connectivity index (χ4n) is 1.73. The summed E-state index contributed by atoms with van der Waals surface area (Å²) in [6.07, 6.45) is 0. The van der Waals surface area contributed by atoms with Crippen molar-refractivity contribution in [2.45, 2.75) is 20.4 Å². The maximum Gasteiger partial charge on any atom is 0.0400 e. The lowest BCUT2D eigenvalue weighted by Crippen LogP contribution is -2.01.